The second-order valence-electron chi connectivity index (χ2n) is 4.00. The molecule has 6 heteroatoms. The van der Waals surface area contributed by atoms with Gasteiger partial charge in [0.2, 0.25) is 0 Å². The standard InChI is InChI=1S/C12H15ClN2O3/c1-8(12(17)18)3-2-5-15-11(16)9-4-6-14-10(13)7-9/h4,6-8H,2-3,5H2,1H3,(H,15,16)(H,17,18). The fraction of sp³-hybridized carbons (Fsp3) is 0.417. The van der Waals surface area contributed by atoms with Gasteiger partial charge in [-0.1, -0.05) is 18.5 Å². The molecule has 0 saturated carbocycles. The zero-order chi connectivity index (χ0) is 13.5. The summed E-state index contributed by atoms with van der Waals surface area (Å²) in [5.41, 5.74) is 0.446. The smallest absolute Gasteiger partial charge is 0.306 e. The monoisotopic (exact) mass is 270 g/mol. The first-order valence-corrected chi connectivity index (χ1v) is 6.01. The number of hydrogen-bond donors (Lipinski definition) is 2. The molecule has 1 unspecified atom stereocenters. The highest BCUT2D eigenvalue weighted by Gasteiger charge is 2.10. The average Bonchev–Trinajstić information content (AvgIpc) is 2.33. The number of carbonyl (C=O) groups is 2. The summed E-state index contributed by atoms with van der Waals surface area (Å²) in [6.07, 6.45) is 2.62. The highest BCUT2D eigenvalue weighted by Crippen LogP contribution is 2.07. The van der Waals surface area contributed by atoms with Gasteiger partial charge in [0, 0.05) is 18.3 Å². The van der Waals surface area contributed by atoms with Crippen LogP contribution >= 0.6 is 11.6 Å². The van der Waals surface area contributed by atoms with E-state index in [2.05, 4.69) is 10.3 Å². The van der Waals surface area contributed by atoms with Crippen LogP contribution in [0.25, 0.3) is 0 Å². The third-order valence-corrected chi connectivity index (χ3v) is 2.72. The first-order chi connectivity index (χ1) is 8.50. The molecule has 0 aliphatic heterocycles. The number of carboxylic acid groups (broad SMARTS) is 1. The molecule has 1 aromatic rings. The summed E-state index contributed by atoms with van der Waals surface area (Å²) < 4.78 is 0. The summed E-state index contributed by atoms with van der Waals surface area (Å²) in [6, 6.07) is 3.05. The van der Waals surface area contributed by atoms with Gasteiger partial charge >= 0.3 is 5.97 Å². The zero-order valence-electron chi connectivity index (χ0n) is 10.0. The number of aromatic nitrogens is 1. The zero-order valence-corrected chi connectivity index (χ0v) is 10.8. The highest BCUT2D eigenvalue weighted by atomic mass is 35.5. The maximum Gasteiger partial charge on any atom is 0.306 e. The number of carboxylic acids is 1. The lowest BCUT2D eigenvalue weighted by molar-refractivity contribution is -0.141. The van der Waals surface area contributed by atoms with E-state index in [0.29, 0.717) is 24.9 Å². The second-order valence-corrected chi connectivity index (χ2v) is 4.39. The van der Waals surface area contributed by atoms with Gasteiger partial charge in [-0.2, -0.15) is 0 Å². The van der Waals surface area contributed by atoms with Gasteiger partial charge in [-0.05, 0) is 25.0 Å². The first-order valence-electron chi connectivity index (χ1n) is 5.63. The van der Waals surface area contributed by atoms with Crippen LogP contribution in [0.3, 0.4) is 0 Å². The summed E-state index contributed by atoms with van der Waals surface area (Å²) in [5, 5.41) is 11.7. The maximum absolute atomic E-state index is 11.7. The van der Waals surface area contributed by atoms with Crippen LogP contribution in [0.2, 0.25) is 5.15 Å². The fourth-order valence-corrected chi connectivity index (χ4v) is 1.55. The van der Waals surface area contributed by atoms with E-state index >= 15 is 0 Å². The number of rotatable bonds is 6. The molecule has 0 aromatic carbocycles. The Morgan fingerprint density at radius 3 is 2.89 bits per heavy atom. The Kier molecular flexibility index (Phi) is 5.58. The molecule has 0 fully saturated rings. The molecule has 5 nitrogen and oxygen atoms in total. The van der Waals surface area contributed by atoms with Crippen molar-refractivity contribution >= 4 is 23.5 Å². The van der Waals surface area contributed by atoms with Gasteiger partial charge in [-0.15, -0.1) is 0 Å². The Balaban J connectivity index is 2.32. The van der Waals surface area contributed by atoms with Crippen LogP contribution in [-0.4, -0.2) is 28.5 Å². The van der Waals surface area contributed by atoms with Gasteiger partial charge in [0.1, 0.15) is 5.15 Å². The number of pyridine rings is 1. The molecule has 1 amide bonds. The maximum atomic E-state index is 11.7. The molecule has 2 N–H and O–H groups in total. The van der Waals surface area contributed by atoms with E-state index in [0.717, 1.165) is 0 Å². The summed E-state index contributed by atoms with van der Waals surface area (Å²) in [5.74, 6) is -1.44. The Morgan fingerprint density at radius 2 is 2.28 bits per heavy atom. The fourth-order valence-electron chi connectivity index (χ4n) is 1.38. The molecule has 0 radical (unpaired) electrons. The van der Waals surface area contributed by atoms with Gasteiger partial charge in [0.25, 0.3) is 5.91 Å². The molecular formula is C12H15ClN2O3. The number of nitrogens with one attached hydrogen (secondary N) is 1. The number of hydrogen-bond acceptors (Lipinski definition) is 3. The van der Waals surface area contributed by atoms with E-state index in [1.807, 2.05) is 0 Å². The van der Waals surface area contributed by atoms with E-state index in [4.69, 9.17) is 16.7 Å². The van der Waals surface area contributed by atoms with Crippen molar-refractivity contribution in [2.45, 2.75) is 19.8 Å². The van der Waals surface area contributed by atoms with Crippen LogP contribution in [-0.2, 0) is 4.79 Å². The summed E-state index contributed by atoms with van der Waals surface area (Å²) in [6.45, 7) is 2.09. The lowest BCUT2D eigenvalue weighted by Gasteiger charge is -2.07. The van der Waals surface area contributed by atoms with E-state index in [-0.39, 0.29) is 11.1 Å². The molecule has 18 heavy (non-hydrogen) atoms. The molecular weight excluding hydrogens is 256 g/mol. The van der Waals surface area contributed by atoms with E-state index < -0.39 is 11.9 Å². The third kappa shape index (κ3) is 4.71. The van der Waals surface area contributed by atoms with Crippen LogP contribution in [0.5, 0.6) is 0 Å². The third-order valence-electron chi connectivity index (χ3n) is 2.51. The Bertz CT molecular complexity index is 437. The van der Waals surface area contributed by atoms with Gasteiger partial charge in [0.05, 0.1) is 5.92 Å². The predicted octanol–water partition coefficient (Wildman–Crippen LogP) is 1.97. The van der Waals surface area contributed by atoms with Crippen molar-refractivity contribution in [1.29, 1.82) is 0 Å². The average molecular weight is 271 g/mol. The van der Waals surface area contributed by atoms with Crippen molar-refractivity contribution in [3.8, 4) is 0 Å². The molecule has 1 rings (SSSR count). The van der Waals surface area contributed by atoms with Crippen LogP contribution < -0.4 is 5.32 Å². The summed E-state index contributed by atoms with van der Waals surface area (Å²) in [7, 11) is 0. The first kappa shape index (κ1) is 14.4. The molecule has 1 aromatic heterocycles. The van der Waals surface area contributed by atoms with Crippen molar-refractivity contribution in [2.75, 3.05) is 6.54 Å². The second kappa shape index (κ2) is 6.96. The van der Waals surface area contributed by atoms with E-state index in [9.17, 15) is 9.59 Å². The van der Waals surface area contributed by atoms with Gasteiger partial charge in [-0.3, -0.25) is 9.59 Å². The molecule has 0 aliphatic rings. The van der Waals surface area contributed by atoms with Crippen LogP contribution in [0.15, 0.2) is 18.3 Å². The number of carbonyl (C=O) groups excluding carboxylic acids is 1. The largest absolute Gasteiger partial charge is 0.481 e. The molecule has 0 spiro atoms. The van der Waals surface area contributed by atoms with Crippen LogP contribution in [0.1, 0.15) is 30.1 Å². The molecule has 1 heterocycles. The quantitative estimate of drug-likeness (QED) is 0.612. The molecule has 0 saturated heterocycles. The number of aliphatic carboxylic acids is 1. The Labute approximate surface area is 110 Å². The minimum atomic E-state index is -0.817. The molecule has 0 bridgehead atoms. The minimum absolute atomic E-state index is 0.234. The highest BCUT2D eigenvalue weighted by molar-refractivity contribution is 6.29. The molecule has 1 atom stereocenters. The Morgan fingerprint density at radius 1 is 1.56 bits per heavy atom. The minimum Gasteiger partial charge on any atom is -0.481 e. The van der Waals surface area contributed by atoms with E-state index in [1.165, 1.54) is 12.3 Å². The summed E-state index contributed by atoms with van der Waals surface area (Å²) >= 11 is 5.67. The van der Waals surface area contributed by atoms with Crippen LogP contribution in [0, 0.1) is 5.92 Å². The predicted molar refractivity (Wildman–Crippen MR) is 67.6 cm³/mol. The van der Waals surface area contributed by atoms with Crippen molar-refractivity contribution in [1.82, 2.24) is 10.3 Å². The van der Waals surface area contributed by atoms with Gasteiger partial charge < -0.3 is 10.4 Å². The number of amides is 1. The number of nitrogens with zero attached hydrogens (tertiary/aromatic N) is 1. The number of halogens is 1. The van der Waals surface area contributed by atoms with Crippen molar-refractivity contribution in [3.63, 3.8) is 0 Å². The molecule has 0 aliphatic carbocycles. The SMILES string of the molecule is CC(CCCNC(=O)c1ccnc(Cl)c1)C(=O)O. The topological polar surface area (TPSA) is 79.3 Å². The Hall–Kier alpha value is -1.62. The molecule has 98 valence electrons. The van der Waals surface area contributed by atoms with E-state index in [1.54, 1.807) is 13.0 Å². The van der Waals surface area contributed by atoms with Crippen LogP contribution in [0.4, 0.5) is 0 Å². The van der Waals surface area contributed by atoms with Gasteiger partial charge in [0.15, 0.2) is 0 Å². The van der Waals surface area contributed by atoms with Crippen molar-refractivity contribution < 1.29 is 14.7 Å². The normalized spacial score (nSPS) is 11.9. The summed E-state index contributed by atoms with van der Waals surface area (Å²) in [4.78, 5) is 26.0. The van der Waals surface area contributed by atoms with Gasteiger partial charge in [-0.25, -0.2) is 4.98 Å². The van der Waals surface area contributed by atoms with Crippen molar-refractivity contribution in [3.05, 3.63) is 29.0 Å². The lowest BCUT2D eigenvalue weighted by atomic mass is 10.1. The van der Waals surface area contributed by atoms with Crippen molar-refractivity contribution in [2.24, 2.45) is 5.92 Å². The lowest BCUT2D eigenvalue weighted by Crippen LogP contribution is -2.25.